The number of hydrogen-bond acceptors (Lipinski definition) is 5. The van der Waals surface area contributed by atoms with Gasteiger partial charge in [0.1, 0.15) is 0 Å². The predicted octanol–water partition coefficient (Wildman–Crippen LogP) is 2.34. The molecule has 0 aliphatic rings. The Morgan fingerprint density at radius 1 is 1.48 bits per heavy atom. The zero-order valence-corrected chi connectivity index (χ0v) is 12.6. The summed E-state index contributed by atoms with van der Waals surface area (Å²) in [6, 6.07) is 5.24. The molecular weight excluding hydrogens is 340 g/mol. The third kappa shape index (κ3) is 2.51. The predicted molar refractivity (Wildman–Crippen MR) is 78.3 cm³/mol. The molecule has 0 aromatic carbocycles. The highest BCUT2D eigenvalue weighted by Crippen LogP contribution is 2.22. The fourth-order valence-corrected chi connectivity index (χ4v) is 2.27. The van der Waals surface area contributed by atoms with E-state index in [0.29, 0.717) is 11.3 Å². The number of aromatic nitrogens is 5. The largest absolute Gasteiger partial charge is 0.358 e. The Kier molecular flexibility index (Phi) is 3.42. The van der Waals surface area contributed by atoms with Crippen molar-refractivity contribution in [2.24, 2.45) is 0 Å². The quantitative estimate of drug-likeness (QED) is 0.409. The smallest absolute Gasteiger partial charge is 0.353 e. The average molecular weight is 351 g/mol. The Morgan fingerprint density at radius 3 is 2.95 bits per heavy atom. The first kappa shape index (κ1) is 13.7. The van der Waals surface area contributed by atoms with Crippen molar-refractivity contribution in [1.82, 2.24) is 24.4 Å². The number of fused-ring (bicyclic) bond motifs is 1. The van der Waals surface area contributed by atoms with E-state index in [0.717, 1.165) is 5.69 Å². The topological polar surface area (TPSA) is 91.2 Å². The molecule has 3 heterocycles. The van der Waals surface area contributed by atoms with E-state index in [1.165, 1.54) is 4.40 Å². The van der Waals surface area contributed by atoms with Crippen LogP contribution in [0.3, 0.4) is 0 Å². The van der Waals surface area contributed by atoms with Crippen molar-refractivity contribution in [3.05, 3.63) is 52.1 Å². The molecule has 1 atom stereocenters. The molecule has 8 nitrogen and oxygen atoms in total. The van der Waals surface area contributed by atoms with Crippen LogP contribution in [0.4, 0.5) is 5.82 Å². The van der Waals surface area contributed by atoms with Crippen LogP contribution in [0.2, 0.25) is 0 Å². The highest BCUT2D eigenvalue weighted by molar-refractivity contribution is 9.09. The lowest BCUT2D eigenvalue weighted by Gasteiger charge is -1.98. The van der Waals surface area contributed by atoms with Crippen LogP contribution in [-0.2, 0) is 6.54 Å². The maximum Gasteiger partial charge on any atom is 0.353 e. The van der Waals surface area contributed by atoms with Gasteiger partial charge in [0, 0.05) is 6.07 Å². The molecular formula is C12H11BrN6O2. The number of imidazole rings is 1. The molecule has 9 heteroatoms. The molecule has 0 saturated carbocycles. The highest BCUT2D eigenvalue weighted by atomic mass is 79.9. The van der Waals surface area contributed by atoms with Gasteiger partial charge < -0.3 is 10.1 Å². The fourth-order valence-electron chi connectivity index (χ4n) is 2.06. The summed E-state index contributed by atoms with van der Waals surface area (Å²) in [5, 5.41) is 19.3. The molecule has 3 aromatic heterocycles. The van der Waals surface area contributed by atoms with Gasteiger partial charge in [-0.15, -0.1) is 5.10 Å². The first-order valence-electron chi connectivity index (χ1n) is 6.20. The molecule has 0 bridgehead atoms. The first-order chi connectivity index (χ1) is 10.1. The molecule has 0 fully saturated rings. The summed E-state index contributed by atoms with van der Waals surface area (Å²) >= 11 is 3.40. The highest BCUT2D eigenvalue weighted by Gasteiger charge is 2.22. The Labute approximate surface area is 127 Å². The van der Waals surface area contributed by atoms with Crippen LogP contribution >= 0.6 is 15.9 Å². The fraction of sp³-hybridized carbons (Fsp3) is 0.250. The molecule has 0 N–H and O–H groups in total. The Balaban J connectivity index is 2.03. The van der Waals surface area contributed by atoms with Crippen LogP contribution in [0.15, 0.2) is 30.6 Å². The van der Waals surface area contributed by atoms with Gasteiger partial charge in [-0.2, -0.15) is 4.40 Å². The monoisotopic (exact) mass is 350 g/mol. The molecule has 0 amide bonds. The zero-order chi connectivity index (χ0) is 15.0. The standard InChI is InChI=1S/C12H11BrN6O2/c1-8(13)9-6-17(16-15-9)7-10-12(19(20)21)18-5-3-2-4-11(18)14-10/h2-6,8H,7H2,1H3. The number of rotatable bonds is 4. The summed E-state index contributed by atoms with van der Waals surface area (Å²) in [4.78, 5) is 15.2. The first-order valence-corrected chi connectivity index (χ1v) is 7.12. The molecule has 21 heavy (non-hydrogen) atoms. The van der Waals surface area contributed by atoms with Crippen molar-refractivity contribution in [2.75, 3.05) is 0 Å². The molecule has 0 spiro atoms. The van der Waals surface area contributed by atoms with Crippen LogP contribution in [-0.4, -0.2) is 29.3 Å². The molecule has 3 aromatic rings. The van der Waals surface area contributed by atoms with Crippen molar-refractivity contribution in [2.45, 2.75) is 18.3 Å². The number of hydrogen-bond donors (Lipinski definition) is 0. The van der Waals surface area contributed by atoms with Gasteiger partial charge in [0.05, 0.1) is 29.5 Å². The van der Waals surface area contributed by atoms with Crippen molar-refractivity contribution < 1.29 is 4.92 Å². The van der Waals surface area contributed by atoms with Crippen LogP contribution < -0.4 is 0 Å². The molecule has 0 aliphatic carbocycles. The lowest BCUT2D eigenvalue weighted by Crippen LogP contribution is -2.04. The van der Waals surface area contributed by atoms with E-state index >= 15 is 0 Å². The summed E-state index contributed by atoms with van der Waals surface area (Å²) in [5.41, 5.74) is 1.65. The van der Waals surface area contributed by atoms with E-state index in [1.807, 2.05) is 6.92 Å². The number of alkyl halides is 1. The van der Waals surface area contributed by atoms with Crippen LogP contribution in [0, 0.1) is 10.1 Å². The lowest BCUT2D eigenvalue weighted by molar-refractivity contribution is -0.391. The third-order valence-corrected chi connectivity index (χ3v) is 3.49. The minimum Gasteiger partial charge on any atom is -0.358 e. The van der Waals surface area contributed by atoms with Gasteiger partial charge in [0.2, 0.25) is 5.65 Å². The second-order valence-electron chi connectivity index (χ2n) is 4.53. The van der Waals surface area contributed by atoms with E-state index in [9.17, 15) is 10.1 Å². The van der Waals surface area contributed by atoms with Gasteiger partial charge in [-0.1, -0.05) is 27.2 Å². The van der Waals surface area contributed by atoms with Crippen LogP contribution in [0.5, 0.6) is 0 Å². The summed E-state index contributed by atoms with van der Waals surface area (Å²) in [7, 11) is 0. The SMILES string of the molecule is CC(Br)c1cn(Cc2nc3ccccn3c2[N+](=O)[O-])nn1. The Morgan fingerprint density at radius 2 is 2.29 bits per heavy atom. The second-order valence-corrected chi connectivity index (χ2v) is 5.90. The molecule has 1 unspecified atom stereocenters. The van der Waals surface area contributed by atoms with E-state index in [1.54, 1.807) is 35.3 Å². The minimum atomic E-state index is -0.430. The third-order valence-electron chi connectivity index (χ3n) is 3.02. The van der Waals surface area contributed by atoms with Gasteiger partial charge in [-0.05, 0) is 17.9 Å². The van der Waals surface area contributed by atoms with Gasteiger partial charge in [0.15, 0.2) is 5.69 Å². The van der Waals surface area contributed by atoms with Gasteiger partial charge in [0.25, 0.3) is 0 Å². The summed E-state index contributed by atoms with van der Waals surface area (Å²) in [6.07, 6.45) is 3.37. The maximum absolute atomic E-state index is 11.3. The van der Waals surface area contributed by atoms with Gasteiger partial charge >= 0.3 is 5.82 Å². The maximum atomic E-state index is 11.3. The minimum absolute atomic E-state index is 0.0467. The summed E-state index contributed by atoms with van der Waals surface area (Å²) in [5.74, 6) is -0.0467. The zero-order valence-electron chi connectivity index (χ0n) is 11.0. The van der Waals surface area contributed by atoms with Crippen LogP contribution in [0.1, 0.15) is 23.1 Å². The van der Waals surface area contributed by atoms with Crippen molar-refractivity contribution in [1.29, 1.82) is 0 Å². The van der Waals surface area contributed by atoms with Crippen molar-refractivity contribution >= 4 is 27.4 Å². The van der Waals surface area contributed by atoms with Crippen molar-refractivity contribution in [3.63, 3.8) is 0 Å². The van der Waals surface area contributed by atoms with Crippen molar-refractivity contribution in [3.8, 4) is 0 Å². The molecule has 0 aliphatic heterocycles. The average Bonchev–Trinajstić information content (AvgIpc) is 3.02. The van der Waals surface area contributed by atoms with E-state index in [-0.39, 0.29) is 17.2 Å². The summed E-state index contributed by atoms with van der Waals surface area (Å²) < 4.78 is 3.00. The second kappa shape index (κ2) is 5.24. The Bertz CT molecular complexity index is 809. The van der Waals surface area contributed by atoms with E-state index in [2.05, 4.69) is 31.2 Å². The lowest BCUT2D eigenvalue weighted by atomic mass is 10.4. The number of pyridine rings is 1. The number of nitrogens with zero attached hydrogens (tertiary/aromatic N) is 6. The van der Waals surface area contributed by atoms with Gasteiger partial charge in [-0.3, -0.25) is 0 Å². The molecule has 0 radical (unpaired) electrons. The Hall–Kier alpha value is -2.29. The molecule has 3 rings (SSSR count). The number of halogens is 1. The normalized spacial score (nSPS) is 12.7. The van der Waals surface area contributed by atoms with E-state index in [4.69, 9.17) is 0 Å². The summed E-state index contributed by atoms with van der Waals surface area (Å²) in [6.45, 7) is 2.13. The van der Waals surface area contributed by atoms with Gasteiger partial charge in [-0.25, -0.2) is 9.67 Å². The molecule has 0 saturated heterocycles. The van der Waals surface area contributed by atoms with E-state index < -0.39 is 4.92 Å². The molecule has 108 valence electrons. The number of nitro groups is 1. The van der Waals surface area contributed by atoms with Crippen LogP contribution in [0.25, 0.3) is 5.65 Å².